The summed E-state index contributed by atoms with van der Waals surface area (Å²) in [5.74, 6) is 6.29. The molecule has 8 heteroatoms. The number of carbonyl (C=O) groups is 1. The third-order valence-electron chi connectivity index (χ3n) is 5.80. The highest BCUT2D eigenvalue weighted by Crippen LogP contribution is 2.27. The largest absolute Gasteiger partial charge is 0.472 e. The lowest BCUT2D eigenvalue weighted by atomic mass is 10.00. The van der Waals surface area contributed by atoms with Gasteiger partial charge in [0.2, 0.25) is 5.88 Å². The average molecular weight is 466 g/mol. The van der Waals surface area contributed by atoms with Crippen molar-refractivity contribution in [1.29, 1.82) is 0 Å². The van der Waals surface area contributed by atoms with Crippen LogP contribution in [-0.4, -0.2) is 95.2 Å². The Morgan fingerprint density at radius 1 is 1.29 bits per heavy atom. The second-order valence-corrected chi connectivity index (χ2v) is 9.26. The summed E-state index contributed by atoms with van der Waals surface area (Å²) in [4.78, 5) is 28.2. The van der Waals surface area contributed by atoms with Gasteiger partial charge >= 0.3 is 0 Å². The number of rotatable bonds is 7. The van der Waals surface area contributed by atoms with Crippen molar-refractivity contribution in [2.45, 2.75) is 32.5 Å². The number of fused-ring (bicyclic) bond motifs is 1. The molecule has 1 aliphatic heterocycles. The van der Waals surface area contributed by atoms with E-state index >= 15 is 0 Å². The molecule has 1 amide bonds. The molecule has 0 radical (unpaired) electrons. The van der Waals surface area contributed by atoms with Crippen LogP contribution in [0.2, 0.25) is 0 Å². The van der Waals surface area contributed by atoms with Gasteiger partial charge in [0.1, 0.15) is 11.7 Å². The van der Waals surface area contributed by atoms with Crippen molar-refractivity contribution >= 4 is 5.91 Å². The molecule has 3 rings (SSSR count). The lowest BCUT2D eigenvalue weighted by Gasteiger charge is -2.37. The Bertz CT molecular complexity index is 1020. The summed E-state index contributed by atoms with van der Waals surface area (Å²) >= 11 is 0. The molecule has 0 saturated carbocycles. The maximum Gasteiger partial charge on any atom is 0.259 e. The van der Waals surface area contributed by atoms with Gasteiger partial charge in [-0.3, -0.25) is 19.6 Å². The zero-order valence-electron chi connectivity index (χ0n) is 20.7. The molecule has 1 N–H and O–H groups in total. The van der Waals surface area contributed by atoms with E-state index in [1.807, 2.05) is 51.2 Å². The molecule has 182 valence electrons. The van der Waals surface area contributed by atoms with Crippen LogP contribution in [0.25, 0.3) is 0 Å². The fourth-order valence-corrected chi connectivity index (χ4v) is 3.83. The Balaban J connectivity index is 1.89. The Morgan fingerprint density at radius 2 is 2.09 bits per heavy atom. The van der Waals surface area contributed by atoms with Gasteiger partial charge in [0.25, 0.3) is 5.91 Å². The van der Waals surface area contributed by atoms with Crippen molar-refractivity contribution < 1.29 is 14.6 Å². The first-order valence-corrected chi connectivity index (χ1v) is 11.6. The predicted molar refractivity (Wildman–Crippen MR) is 131 cm³/mol. The SMILES string of the molecule is C[C@H]1CN([C@@H](C)CO)C(=O)c2cc(C#CCN(C)C)cnc2O[C@@H]1CN(C)Cc1ccccn1. The highest BCUT2D eigenvalue weighted by atomic mass is 16.5. The number of aromatic nitrogens is 2. The number of hydrogen-bond acceptors (Lipinski definition) is 7. The zero-order valence-corrected chi connectivity index (χ0v) is 20.7. The molecule has 1 aliphatic rings. The second-order valence-electron chi connectivity index (χ2n) is 9.26. The molecule has 0 spiro atoms. The van der Waals surface area contributed by atoms with Crippen molar-refractivity contribution in [3.05, 3.63) is 53.5 Å². The van der Waals surface area contributed by atoms with Gasteiger partial charge in [0.15, 0.2) is 0 Å². The summed E-state index contributed by atoms with van der Waals surface area (Å²) in [7, 11) is 5.93. The first-order valence-electron chi connectivity index (χ1n) is 11.6. The number of amides is 1. The molecule has 0 unspecified atom stereocenters. The average Bonchev–Trinajstić information content (AvgIpc) is 2.81. The molecular weight excluding hydrogens is 430 g/mol. The molecule has 0 saturated heterocycles. The van der Waals surface area contributed by atoms with Crippen molar-refractivity contribution in [2.75, 3.05) is 47.4 Å². The first kappa shape index (κ1) is 25.6. The minimum atomic E-state index is -0.323. The van der Waals surface area contributed by atoms with Gasteiger partial charge in [-0.2, -0.15) is 0 Å². The molecular formula is C26H35N5O3. The molecule has 34 heavy (non-hydrogen) atoms. The zero-order chi connectivity index (χ0) is 24.7. The summed E-state index contributed by atoms with van der Waals surface area (Å²) in [5, 5.41) is 9.82. The van der Waals surface area contributed by atoms with E-state index in [0.29, 0.717) is 43.2 Å². The number of hydrogen-bond donors (Lipinski definition) is 1. The highest BCUT2D eigenvalue weighted by Gasteiger charge is 2.34. The summed E-state index contributed by atoms with van der Waals surface area (Å²) in [6.45, 7) is 6.20. The minimum absolute atomic E-state index is 0.0265. The molecule has 3 heterocycles. The van der Waals surface area contributed by atoms with E-state index in [1.54, 1.807) is 23.4 Å². The van der Waals surface area contributed by atoms with Crippen molar-refractivity contribution in [3.8, 4) is 17.7 Å². The lowest BCUT2D eigenvalue weighted by Crippen LogP contribution is -2.49. The molecule has 0 aliphatic carbocycles. The fraction of sp³-hybridized carbons (Fsp3) is 0.500. The van der Waals surface area contributed by atoms with E-state index in [-0.39, 0.29) is 30.6 Å². The van der Waals surface area contributed by atoms with Crippen LogP contribution in [0.4, 0.5) is 0 Å². The molecule has 8 nitrogen and oxygen atoms in total. The Kier molecular flexibility index (Phi) is 8.99. The number of aliphatic hydroxyl groups excluding tert-OH is 1. The lowest BCUT2D eigenvalue weighted by molar-refractivity contribution is 0.0324. The molecule has 0 aromatic carbocycles. The van der Waals surface area contributed by atoms with Gasteiger partial charge in [-0.1, -0.05) is 24.8 Å². The Morgan fingerprint density at radius 3 is 2.76 bits per heavy atom. The van der Waals surface area contributed by atoms with E-state index in [9.17, 15) is 9.90 Å². The van der Waals surface area contributed by atoms with Crippen LogP contribution in [0.5, 0.6) is 5.88 Å². The highest BCUT2D eigenvalue weighted by molar-refractivity contribution is 5.97. The maximum atomic E-state index is 13.5. The van der Waals surface area contributed by atoms with Crippen LogP contribution in [0.3, 0.4) is 0 Å². The number of pyridine rings is 2. The van der Waals surface area contributed by atoms with Crippen LogP contribution in [0.1, 0.15) is 35.5 Å². The van der Waals surface area contributed by atoms with E-state index in [0.717, 1.165) is 5.69 Å². The molecule has 0 fully saturated rings. The fourth-order valence-electron chi connectivity index (χ4n) is 3.83. The number of nitrogens with zero attached hydrogens (tertiary/aromatic N) is 5. The van der Waals surface area contributed by atoms with Crippen molar-refractivity contribution in [3.63, 3.8) is 0 Å². The van der Waals surface area contributed by atoms with Gasteiger partial charge in [0, 0.05) is 43.5 Å². The van der Waals surface area contributed by atoms with E-state index < -0.39 is 0 Å². The number of aliphatic hydroxyl groups is 1. The number of likely N-dealkylation sites (N-methyl/N-ethyl adjacent to an activating group) is 1. The monoisotopic (exact) mass is 465 g/mol. The van der Waals surface area contributed by atoms with Gasteiger partial charge in [-0.15, -0.1) is 0 Å². The van der Waals surface area contributed by atoms with Gasteiger partial charge in [-0.05, 0) is 46.3 Å². The third-order valence-corrected chi connectivity index (χ3v) is 5.80. The smallest absolute Gasteiger partial charge is 0.259 e. The predicted octanol–water partition coefficient (Wildman–Crippen LogP) is 1.74. The Hall–Kier alpha value is -2.99. The number of ether oxygens (including phenoxy) is 1. The normalized spacial score (nSPS) is 19.1. The van der Waals surface area contributed by atoms with E-state index in [4.69, 9.17) is 4.74 Å². The quantitative estimate of drug-likeness (QED) is 0.624. The topological polar surface area (TPSA) is 82.0 Å². The maximum absolute atomic E-state index is 13.5. The van der Waals surface area contributed by atoms with Gasteiger partial charge in [-0.25, -0.2) is 4.98 Å². The number of carbonyl (C=O) groups excluding carboxylic acids is 1. The summed E-state index contributed by atoms with van der Waals surface area (Å²) < 4.78 is 6.35. The standard InChI is InChI=1S/C26H35N5O3/c1-19-15-31(20(2)18-32)26(33)23-13-21(9-8-12-29(3)4)14-28-25(23)34-24(19)17-30(5)16-22-10-6-7-11-27-22/h6-7,10-11,13-14,19-20,24,32H,12,15-18H2,1-5H3/t19-,20-,24+/m0/s1. The first-order chi connectivity index (χ1) is 16.3. The van der Waals surface area contributed by atoms with Crippen LogP contribution >= 0.6 is 0 Å². The minimum Gasteiger partial charge on any atom is -0.472 e. The van der Waals surface area contributed by atoms with Crippen LogP contribution in [0.15, 0.2) is 36.7 Å². The molecule has 0 bridgehead atoms. The van der Waals surface area contributed by atoms with Crippen LogP contribution < -0.4 is 4.74 Å². The van der Waals surface area contributed by atoms with Crippen molar-refractivity contribution in [1.82, 2.24) is 24.7 Å². The van der Waals surface area contributed by atoms with Crippen LogP contribution in [0, 0.1) is 17.8 Å². The summed E-state index contributed by atoms with van der Waals surface area (Å²) in [6.07, 6.45) is 3.24. The molecule has 3 atom stereocenters. The van der Waals surface area contributed by atoms with Gasteiger partial charge < -0.3 is 14.7 Å². The van der Waals surface area contributed by atoms with Crippen molar-refractivity contribution in [2.24, 2.45) is 5.92 Å². The second kappa shape index (κ2) is 11.9. The van der Waals surface area contributed by atoms with Crippen LogP contribution in [-0.2, 0) is 6.54 Å². The summed E-state index contributed by atoms with van der Waals surface area (Å²) in [6, 6.07) is 7.30. The summed E-state index contributed by atoms with van der Waals surface area (Å²) in [5.41, 5.74) is 2.02. The molecule has 2 aromatic heterocycles. The Labute approximate surface area is 202 Å². The van der Waals surface area contributed by atoms with E-state index in [2.05, 4.69) is 33.6 Å². The van der Waals surface area contributed by atoms with E-state index in [1.165, 1.54) is 0 Å². The third kappa shape index (κ3) is 6.76. The van der Waals surface area contributed by atoms with Gasteiger partial charge in [0.05, 0.1) is 24.9 Å². The molecule has 2 aromatic rings.